The van der Waals surface area contributed by atoms with Crippen molar-refractivity contribution >= 4 is 5.91 Å². The maximum absolute atomic E-state index is 13.1. The number of carbonyl (C=O) groups excluding carboxylic acids is 1. The number of carbonyl (C=O) groups is 1. The Hall–Kier alpha value is -1.46. The second-order valence-corrected chi connectivity index (χ2v) is 5.21. The summed E-state index contributed by atoms with van der Waals surface area (Å²) < 4.78 is 13.1. The van der Waals surface area contributed by atoms with E-state index in [2.05, 4.69) is 17.1 Å². The molecule has 0 fully saturated rings. The first-order valence-electron chi connectivity index (χ1n) is 7.49. The number of amides is 1. The quantitative estimate of drug-likeness (QED) is 0.772. The molecule has 0 heterocycles. The Morgan fingerprint density at radius 1 is 1.33 bits per heavy atom. The molecular weight excluding hydrogens is 269 g/mol. The lowest BCUT2D eigenvalue weighted by atomic mass is 9.96. The third-order valence-corrected chi connectivity index (χ3v) is 3.62. The fourth-order valence-corrected chi connectivity index (χ4v) is 2.48. The molecule has 4 nitrogen and oxygen atoms in total. The summed E-state index contributed by atoms with van der Waals surface area (Å²) in [4.78, 5) is 13.8. The Morgan fingerprint density at radius 2 is 1.95 bits per heavy atom. The van der Waals surface area contributed by atoms with Crippen LogP contribution in [0.5, 0.6) is 0 Å². The van der Waals surface area contributed by atoms with Gasteiger partial charge in [0, 0.05) is 13.1 Å². The lowest BCUT2D eigenvalue weighted by Gasteiger charge is -2.35. The number of nitrogens with one attached hydrogen (secondary N) is 1. The molecule has 1 rings (SSSR count). The van der Waals surface area contributed by atoms with Crippen LogP contribution in [-0.2, 0) is 4.79 Å². The fraction of sp³-hybridized carbons (Fsp3) is 0.562. The molecule has 0 aliphatic carbocycles. The first kappa shape index (κ1) is 17.6. The van der Waals surface area contributed by atoms with Crippen molar-refractivity contribution in [2.24, 2.45) is 5.73 Å². The summed E-state index contributed by atoms with van der Waals surface area (Å²) in [7, 11) is 1.62. The van der Waals surface area contributed by atoms with Crippen LogP contribution in [0.1, 0.15) is 38.3 Å². The number of nitrogens with two attached hydrogens (primary N) is 1. The van der Waals surface area contributed by atoms with Gasteiger partial charge in [0.15, 0.2) is 0 Å². The van der Waals surface area contributed by atoms with Gasteiger partial charge in [-0.15, -0.1) is 0 Å². The molecule has 0 spiro atoms. The number of halogens is 1. The smallest absolute Gasteiger partial charge is 0.233 e. The summed E-state index contributed by atoms with van der Waals surface area (Å²) in [6, 6.07) is 6.19. The van der Waals surface area contributed by atoms with Crippen LogP contribution < -0.4 is 11.1 Å². The van der Waals surface area contributed by atoms with Crippen molar-refractivity contribution in [1.29, 1.82) is 0 Å². The average Bonchev–Trinajstić information content (AvgIpc) is 2.49. The predicted molar refractivity (Wildman–Crippen MR) is 83.3 cm³/mol. The van der Waals surface area contributed by atoms with Crippen molar-refractivity contribution in [3.8, 4) is 0 Å². The maximum Gasteiger partial charge on any atom is 0.233 e. The SMILES string of the molecule is CCCN(CC(=O)NC)C(c1ccc(F)cc1)C(N)CC. The van der Waals surface area contributed by atoms with Crippen LogP contribution in [0.15, 0.2) is 24.3 Å². The minimum Gasteiger partial charge on any atom is -0.358 e. The average molecular weight is 295 g/mol. The van der Waals surface area contributed by atoms with Gasteiger partial charge in [-0.2, -0.15) is 0 Å². The van der Waals surface area contributed by atoms with Crippen molar-refractivity contribution in [3.05, 3.63) is 35.6 Å². The molecule has 0 saturated carbocycles. The zero-order valence-electron chi connectivity index (χ0n) is 13.1. The van der Waals surface area contributed by atoms with Crippen molar-refractivity contribution in [3.63, 3.8) is 0 Å². The summed E-state index contributed by atoms with van der Waals surface area (Å²) in [6.45, 7) is 5.14. The van der Waals surface area contributed by atoms with Crippen LogP contribution >= 0.6 is 0 Å². The molecule has 0 aliphatic heterocycles. The number of rotatable bonds is 8. The molecule has 0 bridgehead atoms. The minimum atomic E-state index is -0.268. The molecule has 0 radical (unpaired) electrons. The number of benzene rings is 1. The van der Waals surface area contributed by atoms with E-state index in [9.17, 15) is 9.18 Å². The minimum absolute atomic E-state index is 0.0427. The van der Waals surface area contributed by atoms with E-state index < -0.39 is 0 Å². The number of nitrogens with zero attached hydrogens (tertiary/aromatic N) is 1. The fourth-order valence-electron chi connectivity index (χ4n) is 2.48. The van der Waals surface area contributed by atoms with Gasteiger partial charge in [-0.3, -0.25) is 9.69 Å². The van der Waals surface area contributed by atoms with Crippen molar-refractivity contribution in [2.75, 3.05) is 20.1 Å². The zero-order valence-corrected chi connectivity index (χ0v) is 13.1. The molecule has 21 heavy (non-hydrogen) atoms. The first-order valence-corrected chi connectivity index (χ1v) is 7.49. The standard InChI is InChI=1S/C16H26FN3O/c1-4-10-20(11-15(21)19-3)16(14(18)5-2)12-6-8-13(17)9-7-12/h6-9,14,16H,4-5,10-11,18H2,1-3H3,(H,19,21). The number of likely N-dealkylation sites (N-methyl/N-ethyl adjacent to an activating group) is 1. The second kappa shape index (κ2) is 8.74. The normalized spacial score (nSPS) is 14.0. The van der Waals surface area contributed by atoms with Crippen LogP contribution in [0, 0.1) is 5.82 Å². The third-order valence-electron chi connectivity index (χ3n) is 3.62. The van der Waals surface area contributed by atoms with Crippen LogP contribution in [-0.4, -0.2) is 37.0 Å². The van der Waals surface area contributed by atoms with Crippen molar-refractivity contribution in [1.82, 2.24) is 10.2 Å². The summed E-state index contributed by atoms with van der Waals surface area (Å²) in [6.07, 6.45) is 1.71. The Bertz CT molecular complexity index is 436. The topological polar surface area (TPSA) is 58.4 Å². The highest BCUT2D eigenvalue weighted by Crippen LogP contribution is 2.25. The van der Waals surface area contributed by atoms with Crippen LogP contribution in [0.2, 0.25) is 0 Å². The Kier molecular flexibility index (Phi) is 7.32. The number of hydrogen-bond donors (Lipinski definition) is 2. The van der Waals surface area contributed by atoms with E-state index in [1.807, 2.05) is 6.92 Å². The molecule has 1 aromatic rings. The van der Waals surface area contributed by atoms with E-state index in [1.165, 1.54) is 12.1 Å². The van der Waals surface area contributed by atoms with Gasteiger partial charge in [0.05, 0.1) is 12.6 Å². The summed E-state index contributed by atoms with van der Waals surface area (Å²) >= 11 is 0. The van der Waals surface area contributed by atoms with Gasteiger partial charge in [0.2, 0.25) is 5.91 Å². The molecule has 5 heteroatoms. The molecule has 3 N–H and O–H groups in total. The summed E-state index contributed by atoms with van der Waals surface area (Å²) in [5, 5.41) is 2.64. The molecule has 118 valence electrons. The lowest BCUT2D eigenvalue weighted by Crippen LogP contribution is -2.45. The Balaban J connectivity index is 3.07. The van der Waals surface area contributed by atoms with Gasteiger partial charge >= 0.3 is 0 Å². The van der Waals surface area contributed by atoms with E-state index in [0.717, 1.165) is 24.9 Å². The Morgan fingerprint density at radius 3 is 2.43 bits per heavy atom. The van der Waals surface area contributed by atoms with E-state index >= 15 is 0 Å². The van der Waals surface area contributed by atoms with Crippen LogP contribution in [0.25, 0.3) is 0 Å². The highest BCUT2D eigenvalue weighted by atomic mass is 19.1. The van der Waals surface area contributed by atoms with E-state index in [0.29, 0.717) is 6.54 Å². The highest BCUT2D eigenvalue weighted by Gasteiger charge is 2.26. The van der Waals surface area contributed by atoms with Gasteiger partial charge < -0.3 is 11.1 Å². The van der Waals surface area contributed by atoms with Gasteiger partial charge in [-0.1, -0.05) is 26.0 Å². The second-order valence-electron chi connectivity index (χ2n) is 5.21. The molecule has 0 saturated heterocycles. The van der Waals surface area contributed by atoms with Crippen molar-refractivity contribution in [2.45, 2.75) is 38.8 Å². The van der Waals surface area contributed by atoms with E-state index in [-0.39, 0.29) is 23.8 Å². The predicted octanol–water partition coefficient (Wildman–Crippen LogP) is 2.06. The largest absolute Gasteiger partial charge is 0.358 e. The number of hydrogen-bond acceptors (Lipinski definition) is 3. The molecule has 2 unspecified atom stereocenters. The molecule has 1 aromatic carbocycles. The monoisotopic (exact) mass is 295 g/mol. The maximum atomic E-state index is 13.1. The van der Waals surface area contributed by atoms with Gasteiger partial charge in [-0.25, -0.2) is 4.39 Å². The van der Waals surface area contributed by atoms with E-state index in [4.69, 9.17) is 5.73 Å². The zero-order chi connectivity index (χ0) is 15.8. The summed E-state index contributed by atoms with van der Waals surface area (Å²) in [5.74, 6) is -0.310. The van der Waals surface area contributed by atoms with Crippen LogP contribution in [0.3, 0.4) is 0 Å². The van der Waals surface area contributed by atoms with E-state index in [1.54, 1.807) is 19.2 Å². The molecule has 2 atom stereocenters. The van der Waals surface area contributed by atoms with Gasteiger partial charge in [0.25, 0.3) is 0 Å². The molecule has 1 amide bonds. The van der Waals surface area contributed by atoms with Crippen LogP contribution in [0.4, 0.5) is 4.39 Å². The molecular formula is C16H26FN3O. The first-order chi connectivity index (χ1) is 10.0. The van der Waals surface area contributed by atoms with Gasteiger partial charge in [0.1, 0.15) is 5.82 Å². The lowest BCUT2D eigenvalue weighted by molar-refractivity contribution is -0.122. The third kappa shape index (κ3) is 5.10. The molecule has 0 aliphatic rings. The summed E-state index contributed by atoms with van der Waals surface area (Å²) in [5.41, 5.74) is 7.22. The van der Waals surface area contributed by atoms with Gasteiger partial charge in [-0.05, 0) is 37.1 Å². The Labute approximate surface area is 126 Å². The molecule has 0 aromatic heterocycles. The van der Waals surface area contributed by atoms with Crippen molar-refractivity contribution < 1.29 is 9.18 Å². The highest BCUT2D eigenvalue weighted by molar-refractivity contribution is 5.77.